The normalized spacial score (nSPS) is 15.4. The monoisotopic (exact) mass is 526 g/mol. The predicted octanol–water partition coefficient (Wildman–Crippen LogP) is 2.83. The van der Waals surface area contributed by atoms with Crippen molar-refractivity contribution < 1.29 is 23.8 Å². The number of hydrogen-bond acceptors (Lipinski definition) is 8. The Balaban J connectivity index is 0.00000400. The molecular weight excluding hydrogens is 488 g/mol. The van der Waals surface area contributed by atoms with Gasteiger partial charge in [-0.1, -0.05) is 43.8 Å². The van der Waals surface area contributed by atoms with Gasteiger partial charge in [-0.3, -0.25) is 9.20 Å². The van der Waals surface area contributed by atoms with Gasteiger partial charge < -0.3 is 30.2 Å². The second-order valence-corrected chi connectivity index (χ2v) is 9.60. The van der Waals surface area contributed by atoms with Crippen molar-refractivity contribution >= 4 is 17.6 Å². The van der Waals surface area contributed by atoms with Crippen molar-refractivity contribution in [1.82, 2.24) is 24.8 Å². The molecule has 3 N–H and O–H groups in total. The lowest BCUT2D eigenvalue weighted by atomic mass is 10.0. The number of nitrogens with two attached hydrogens (primary N) is 1. The van der Waals surface area contributed by atoms with Gasteiger partial charge in [-0.15, -0.1) is 10.2 Å². The zero-order chi connectivity index (χ0) is 26.4. The van der Waals surface area contributed by atoms with Crippen LogP contribution in [0.3, 0.4) is 0 Å². The van der Waals surface area contributed by atoms with Crippen LogP contribution in [0, 0.1) is 0 Å². The quantitative estimate of drug-likeness (QED) is 0.435. The molecule has 3 aromatic rings. The van der Waals surface area contributed by atoms with Gasteiger partial charge in [-0.2, -0.15) is 0 Å². The van der Waals surface area contributed by atoms with Crippen LogP contribution in [0.15, 0.2) is 48.5 Å². The molecule has 0 spiro atoms. The topological polar surface area (TPSA) is 133 Å². The molecule has 1 aliphatic heterocycles. The minimum absolute atomic E-state index is 0. The number of carbonyl (C=O) groups excluding carboxylic acids is 2. The first-order valence-corrected chi connectivity index (χ1v) is 12.3. The van der Waals surface area contributed by atoms with Crippen molar-refractivity contribution in [2.75, 3.05) is 26.3 Å². The zero-order valence-electron chi connectivity index (χ0n) is 21.4. The van der Waals surface area contributed by atoms with Gasteiger partial charge in [0.05, 0.1) is 37.2 Å². The minimum Gasteiger partial charge on any atom is -0.443 e. The minimum atomic E-state index is -1.12. The van der Waals surface area contributed by atoms with Crippen molar-refractivity contribution in [2.45, 2.75) is 59.1 Å². The van der Waals surface area contributed by atoms with Crippen LogP contribution in [0.4, 0.5) is 4.79 Å². The smallest absolute Gasteiger partial charge is 0.410 e. The van der Waals surface area contributed by atoms with Crippen molar-refractivity contribution in [1.29, 1.82) is 0 Å². The van der Waals surface area contributed by atoms with Gasteiger partial charge in [0.25, 0.3) is 0 Å². The third-order valence-corrected chi connectivity index (χ3v) is 6.12. The van der Waals surface area contributed by atoms with Crippen LogP contribution in [-0.4, -0.2) is 69.4 Å². The number of morpholine rings is 1. The van der Waals surface area contributed by atoms with E-state index in [1.165, 1.54) is 0 Å². The highest BCUT2D eigenvalue weighted by molar-refractivity contribution is 5.85. The van der Waals surface area contributed by atoms with E-state index in [2.05, 4.69) is 15.5 Å². The van der Waals surface area contributed by atoms with Crippen LogP contribution in [0.1, 0.15) is 51.3 Å². The van der Waals surface area contributed by atoms with Gasteiger partial charge in [0.2, 0.25) is 5.91 Å². The number of ether oxygens (including phenoxy) is 3. The van der Waals surface area contributed by atoms with Crippen molar-refractivity contribution in [3.8, 4) is 0 Å². The lowest BCUT2D eigenvalue weighted by Gasteiger charge is -2.28. The van der Waals surface area contributed by atoms with Crippen molar-refractivity contribution in [2.24, 2.45) is 5.73 Å². The lowest BCUT2D eigenvalue weighted by Crippen LogP contribution is -2.52. The maximum absolute atomic E-state index is 12.9. The Morgan fingerprint density at radius 2 is 1.79 bits per heavy atom. The number of hydrogen-bond donors (Lipinski definition) is 2. The van der Waals surface area contributed by atoms with Gasteiger partial charge >= 0.3 is 6.09 Å². The Kier molecular flexibility index (Phi) is 9.78. The molecule has 4 rings (SSSR count). The SMILES string of the molecule is C.C[C@@H](OCc1ccccc1)[C@@H](NC(=O)C(C)(C)N)c1nnc2cccc(COC(=O)N3CCOCC3)n12. The number of pyridine rings is 1. The summed E-state index contributed by atoms with van der Waals surface area (Å²) in [5.74, 6) is 0.0896. The number of carbonyl (C=O) groups is 2. The van der Waals surface area contributed by atoms with Crippen LogP contribution in [0.25, 0.3) is 5.65 Å². The summed E-state index contributed by atoms with van der Waals surface area (Å²) >= 11 is 0. The van der Waals surface area contributed by atoms with E-state index in [1.807, 2.05) is 49.4 Å². The first kappa shape index (κ1) is 29.0. The molecule has 0 saturated carbocycles. The fourth-order valence-corrected chi connectivity index (χ4v) is 3.94. The Morgan fingerprint density at radius 1 is 1.08 bits per heavy atom. The number of rotatable bonds is 9. The van der Waals surface area contributed by atoms with Crippen LogP contribution in [0.5, 0.6) is 0 Å². The molecule has 11 nitrogen and oxygen atoms in total. The second kappa shape index (κ2) is 12.8. The molecule has 0 aliphatic carbocycles. The second-order valence-electron chi connectivity index (χ2n) is 9.60. The standard InChI is InChI=1S/C26H34N6O5.CH4/c1-18(36-16-19-8-5-4-6-9-19)22(28-24(33)26(2,3)27)23-30-29-21-11-7-10-20(32(21)23)17-37-25(34)31-12-14-35-15-13-31;/h4-11,18,22H,12-17,27H2,1-3H3,(H,28,33);1H4/t18-,22-;/m1./s1. The summed E-state index contributed by atoms with van der Waals surface area (Å²) in [6.45, 7) is 7.42. The van der Waals surface area contributed by atoms with E-state index in [-0.39, 0.29) is 19.9 Å². The van der Waals surface area contributed by atoms with E-state index in [0.29, 0.717) is 50.1 Å². The highest BCUT2D eigenvalue weighted by Gasteiger charge is 2.32. The van der Waals surface area contributed by atoms with E-state index in [0.717, 1.165) is 5.56 Å². The van der Waals surface area contributed by atoms with Crippen LogP contribution in [0.2, 0.25) is 0 Å². The molecule has 206 valence electrons. The number of aromatic nitrogens is 3. The predicted molar refractivity (Wildman–Crippen MR) is 142 cm³/mol. The third-order valence-electron chi connectivity index (χ3n) is 6.12. The Bertz CT molecular complexity index is 1200. The molecule has 1 aromatic carbocycles. The lowest BCUT2D eigenvalue weighted by molar-refractivity contribution is -0.127. The fourth-order valence-electron chi connectivity index (χ4n) is 3.94. The van der Waals surface area contributed by atoms with Gasteiger partial charge in [-0.05, 0) is 38.5 Å². The molecule has 3 heterocycles. The van der Waals surface area contributed by atoms with Gasteiger partial charge in [0.15, 0.2) is 11.5 Å². The van der Waals surface area contributed by atoms with Crippen LogP contribution >= 0.6 is 0 Å². The first-order valence-electron chi connectivity index (χ1n) is 12.3. The first-order chi connectivity index (χ1) is 17.7. The number of benzene rings is 1. The maximum atomic E-state index is 12.9. The molecule has 0 unspecified atom stereocenters. The molecule has 2 atom stereocenters. The summed E-state index contributed by atoms with van der Waals surface area (Å²) < 4.78 is 18.8. The molecule has 2 aromatic heterocycles. The van der Waals surface area contributed by atoms with Gasteiger partial charge in [0.1, 0.15) is 12.6 Å². The van der Waals surface area contributed by atoms with E-state index < -0.39 is 23.8 Å². The van der Waals surface area contributed by atoms with E-state index in [4.69, 9.17) is 19.9 Å². The number of nitrogens with zero attached hydrogens (tertiary/aromatic N) is 4. The number of nitrogens with one attached hydrogen (secondary N) is 1. The molecule has 2 amide bonds. The Labute approximate surface area is 223 Å². The van der Waals surface area contributed by atoms with Crippen molar-refractivity contribution in [3.63, 3.8) is 0 Å². The fraction of sp³-hybridized carbons (Fsp3) is 0.481. The Hall–Kier alpha value is -3.54. The summed E-state index contributed by atoms with van der Waals surface area (Å²) in [6.07, 6.45) is -0.896. The summed E-state index contributed by atoms with van der Waals surface area (Å²) in [5.41, 5.74) is 7.16. The van der Waals surface area contributed by atoms with Crippen LogP contribution in [-0.2, 0) is 32.2 Å². The van der Waals surface area contributed by atoms with Gasteiger partial charge in [-0.25, -0.2) is 4.79 Å². The average Bonchev–Trinajstić information content (AvgIpc) is 3.34. The Morgan fingerprint density at radius 3 is 2.47 bits per heavy atom. The molecule has 1 saturated heterocycles. The summed E-state index contributed by atoms with van der Waals surface area (Å²) in [7, 11) is 0. The molecule has 11 heteroatoms. The highest BCUT2D eigenvalue weighted by atomic mass is 16.6. The van der Waals surface area contributed by atoms with E-state index in [1.54, 1.807) is 29.2 Å². The summed E-state index contributed by atoms with van der Waals surface area (Å²) in [6, 6.07) is 14.5. The summed E-state index contributed by atoms with van der Waals surface area (Å²) in [4.78, 5) is 27.1. The van der Waals surface area contributed by atoms with E-state index in [9.17, 15) is 9.59 Å². The highest BCUT2D eigenvalue weighted by Crippen LogP contribution is 2.23. The molecule has 0 radical (unpaired) electrons. The molecule has 1 fully saturated rings. The molecular formula is C27H38N6O5. The average molecular weight is 527 g/mol. The van der Waals surface area contributed by atoms with E-state index >= 15 is 0 Å². The molecule has 38 heavy (non-hydrogen) atoms. The van der Waals surface area contributed by atoms with Crippen molar-refractivity contribution in [3.05, 3.63) is 65.6 Å². The number of fused-ring (bicyclic) bond motifs is 1. The van der Waals surface area contributed by atoms with Gasteiger partial charge in [0, 0.05) is 13.1 Å². The molecule has 1 aliphatic rings. The maximum Gasteiger partial charge on any atom is 0.410 e. The third kappa shape index (κ3) is 7.06. The molecule has 0 bridgehead atoms. The summed E-state index contributed by atoms with van der Waals surface area (Å²) in [5, 5.41) is 11.7. The zero-order valence-corrected chi connectivity index (χ0v) is 21.4. The van der Waals surface area contributed by atoms with Crippen LogP contribution < -0.4 is 11.1 Å². The largest absolute Gasteiger partial charge is 0.443 e. The number of amides is 2.